The molecule has 1 saturated carbocycles. The molecule has 3 heterocycles. The third-order valence-electron chi connectivity index (χ3n) is 11.1. The molecule has 0 spiro atoms. The highest BCUT2D eigenvalue weighted by Gasteiger charge is 2.52. The Balaban J connectivity index is 0.000000362. The van der Waals surface area contributed by atoms with E-state index in [0.29, 0.717) is 13.1 Å². The molecule has 3 aliphatic heterocycles. The summed E-state index contributed by atoms with van der Waals surface area (Å²) in [6.45, 7) is 3.22. The van der Waals surface area contributed by atoms with Crippen molar-refractivity contribution in [2.75, 3.05) is 73.9 Å². The molecule has 4 rings (SSSR count). The van der Waals surface area contributed by atoms with Gasteiger partial charge in [-0.05, 0) is 34.0 Å². The smallest absolute Gasteiger partial charge is 0.173 e. The van der Waals surface area contributed by atoms with Gasteiger partial charge in [-0.2, -0.15) is 0 Å². The van der Waals surface area contributed by atoms with Gasteiger partial charge in [-0.15, -0.1) is 0 Å². The lowest BCUT2D eigenvalue weighted by atomic mass is 9.60. The van der Waals surface area contributed by atoms with Crippen LogP contribution in [0.1, 0.15) is 13.8 Å². The number of nitrogens with one attached hydrogen (secondary N) is 2. The van der Waals surface area contributed by atoms with Crippen molar-refractivity contribution in [3.05, 3.63) is 0 Å². The molecule has 14 unspecified atom stereocenters. The molecule has 14 atom stereocenters. The van der Waals surface area contributed by atoms with Crippen molar-refractivity contribution in [2.24, 2.45) is 16.7 Å². The summed E-state index contributed by atoms with van der Waals surface area (Å²) >= 11 is 0. The number of nitrogens with zero attached hydrogens (tertiary/aromatic N) is 1. The van der Waals surface area contributed by atoms with Gasteiger partial charge in [0, 0.05) is 23.9 Å². The van der Waals surface area contributed by atoms with E-state index in [-0.39, 0.29) is 39.0 Å². The van der Waals surface area contributed by atoms with Crippen molar-refractivity contribution >= 4 is 0 Å². The summed E-state index contributed by atoms with van der Waals surface area (Å²) in [4.78, 5) is 1.94. The third kappa shape index (κ3) is 11.6. The number of aliphatic hydroxyl groups is 17. The van der Waals surface area contributed by atoms with Gasteiger partial charge in [-0.1, -0.05) is 6.92 Å². The molecule has 0 aromatic heterocycles. The largest absolute Gasteiger partial charge is 0.396 e. The molecule has 0 bridgehead atoms. The van der Waals surface area contributed by atoms with Crippen LogP contribution in [0, 0.1) is 16.7 Å². The van der Waals surface area contributed by atoms with E-state index in [0.717, 1.165) is 0 Å². The quantitative estimate of drug-likeness (QED) is 0.108. The summed E-state index contributed by atoms with van der Waals surface area (Å²) in [5, 5.41) is 163. The van der Waals surface area contributed by atoms with E-state index >= 15 is 0 Å². The first kappa shape index (κ1) is 51.1. The monoisotopic (exact) mass is 797 g/mol. The maximum Gasteiger partial charge on any atom is 0.173 e. The van der Waals surface area contributed by atoms with Crippen LogP contribution >= 0.6 is 0 Å². The van der Waals surface area contributed by atoms with Gasteiger partial charge in [-0.25, -0.2) is 0 Å². The summed E-state index contributed by atoms with van der Waals surface area (Å²) in [5.41, 5.74) is -1.31. The molecule has 22 nitrogen and oxygen atoms in total. The van der Waals surface area contributed by atoms with E-state index in [4.69, 9.17) is 24.8 Å². The number of hydrogen-bond acceptors (Lipinski definition) is 22. The summed E-state index contributed by atoms with van der Waals surface area (Å²) in [5.74, 6) is -0.138. The van der Waals surface area contributed by atoms with E-state index < -0.39 is 115 Å². The van der Waals surface area contributed by atoms with Crippen molar-refractivity contribution < 1.29 is 96.3 Å². The number of piperidine rings is 1. The number of hydrogen-bond donors (Lipinski definition) is 19. The fourth-order valence-corrected chi connectivity index (χ4v) is 7.17. The number of aliphatic hydroxyl groups excluding tert-OH is 17. The van der Waals surface area contributed by atoms with Crippen LogP contribution in [0.5, 0.6) is 0 Å². The Morgan fingerprint density at radius 1 is 0.500 bits per heavy atom. The third-order valence-corrected chi connectivity index (χ3v) is 11.1. The van der Waals surface area contributed by atoms with Crippen molar-refractivity contribution in [1.29, 1.82) is 0 Å². The highest BCUT2D eigenvalue weighted by Crippen LogP contribution is 2.45. The summed E-state index contributed by atoms with van der Waals surface area (Å²) in [7, 11) is 4.88. The second kappa shape index (κ2) is 22.9. The Morgan fingerprint density at radius 3 is 1.20 bits per heavy atom. The van der Waals surface area contributed by atoms with Crippen molar-refractivity contribution in [2.45, 2.75) is 112 Å². The average molecular weight is 798 g/mol. The van der Waals surface area contributed by atoms with Gasteiger partial charge in [0.25, 0.3) is 0 Å². The van der Waals surface area contributed by atoms with Gasteiger partial charge < -0.3 is 112 Å². The maximum atomic E-state index is 9.50. The Kier molecular flexibility index (Phi) is 21.7. The fourth-order valence-electron chi connectivity index (χ4n) is 7.17. The van der Waals surface area contributed by atoms with Crippen molar-refractivity contribution in [3.63, 3.8) is 0 Å². The molecule has 19 N–H and O–H groups in total. The average Bonchev–Trinajstić information content (AvgIpc) is 3.17. The van der Waals surface area contributed by atoms with Crippen molar-refractivity contribution in [3.8, 4) is 0 Å². The van der Waals surface area contributed by atoms with Crippen LogP contribution in [0.2, 0.25) is 0 Å². The second-order valence-electron chi connectivity index (χ2n) is 14.6. The first-order chi connectivity index (χ1) is 25.2. The molecular formula is C32H67N3O19. The maximum absolute atomic E-state index is 9.50. The van der Waals surface area contributed by atoms with Crippen LogP contribution in [0.25, 0.3) is 0 Å². The van der Waals surface area contributed by atoms with Gasteiger partial charge in [-0.3, -0.25) is 0 Å². The normalized spacial score (nSPS) is 42.3. The topological polar surface area (TPSA) is 390 Å². The first-order valence-corrected chi connectivity index (χ1v) is 17.7. The standard InChI is InChI=1S/C11H23NO4.2C7H15NO5.C7H14O5/c1-9-10(5-13,6-14)3-12(2)4-11(9,7-15)8-16;1-8-4-6(11)5(10)3(2-9)13-7(4)12;1-8-2-3(9)5(11)7(13)6(12)4(2)10;1-3-5(9)7(11)6(10)4(2-8)12-3/h9,13-16H,3-8H2,1-2H3;3-12H,2H2,1H3;2-13H,1H3;3-11H,2H2,1H3. The van der Waals surface area contributed by atoms with Crippen LogP contribution < -0.4 is 10.6 Å². The minimum Gasteiger partial charge on any atom is -0.396 e. The first-order valence-electron chi connectivity index (χ1n) is 17.7. The van der Waals surface area contributed by atoms with Crippen LogP contribution in [0.3, 0.4) is 0 Å². The number of ether oxygens (including phenoxy) is 2. The Labute approximate surface area is 314 Å². The molecule has 54 heavy (non-hydrogen) atoms. The lowest BCUT2D eigenvalue weighted by Gasteiger charge is -2.54. The molecule has 4 aliphatic rings. The zero-order valence-corrected chi connectivity index (χ0v) is 31.3. The molecule has 3 saturated heterocycles. The predicted molar refractivity (Wildman–Crippen MR) is 185 cm³/mol. The fraction of sp³-hybridized carbons (Fsp3) is 1.00. The number of rotatable bonds is 8. The van der Waals surface area contributed by atoms with E-state index in [1.54, 1.807) is 6.92 Å². The number of likely N-dealkylation sites (tertiary alicyclic amines) is 1. The van der Waals surface area contributed by atoms with Crippen LogP contribution in [0.15, 0.2) is 0 Å². The minimum absolute atomic E-state index is 0.138. The molecule has 22 heteroatoms. The highest BCUT2D eigenvalue weighted by molar-refractivity contribution is 5.03. The molecule has 1 aliphatic carbocycles. The molecule has 0 amide bonds. The SMILES string of the molecule is CC1C(CO)(CO)CN(C)CC1(CO)CO.CC1OC(CO)C(O)C(O)C1O.CNC1C(O)C(O)C(O)C(O)C1O.CNC1C(O)OC(CO)C(O)C1O. The van der Waals surface area contributed by atoms with Crippen LogP contribution in [0.4, 0.5) is 0 Å². The molecule has 324 valence electrons. The minimum atomic E-state index is -1.52. The second-order valence-corrected chi connectivity index (χ2v) is 14.6. The van der Waals surface area contributed by atoms with Gasteiger partial charge in [0.05, 0.1) is 57.8 Å². The Morgan fingerprint density at radius 2 is 0.833 bits per heavy atom. The van der Waals surface area contributed by atoms with Gasteiger partial charge >= 0.3 is 0 Å². The van der Waals surface area contributed by atoms with E-state index in [1.807, 2.05) is 18.9 Å². The molecule has 0 radical (unpaired) electrons. The molecule has 4 fully saturated rings. The van der Waals surface area contributed by atoms with Gasteiger partial charge in [0.15, 0.2) is 6.29 Å². The highest BCUT2D eigenvalue weighted by atomic mass is 16.6. The Hall–Kier alpha value is -0.880. The van der Waals surface area contributed by atoms with E-state index in [1.165, 1.54) is 14.1 Å². The predicted octanol–water partition coefficient (Wildman–Crippen LogP) is -10.2. The molecule has 0 aromatic carbocycles. The molecule has 0 aromatic rings. The molecular weight excluding hydrogens is 730 g/mol. The zero-order chi connectivity index (χ0) is 41.9. The van der Waals surface area contributed by atoms with Crippen LogP contribution in [-0.4, -0.2) is 263 Å². The van der Waals surface area contributed by atoms with Crippen LogP contribution in [-0.2, 0) is 9.47 Å². The zero-order valence-electron chi connectivity index (χ0n) is 31.3. The Bertz CT molecular complexity index is 980. The summed E-state index contributed by atoms with van der Waals surface area (Å²) < 4.78 is 9.88. The van der Waals surface area contributed by atoms with Gasteiger partial charge in [0.2, 0.25) is 0 Å². The summed E-state index contributed by atoms with van der Waals surface area (Å²) in [6, 6.07) is -1.58. The van der Waals surface area contributed by atoms with E-state index in [9.17, 15) is 71.5 Å². The summed E-state index contributed by atoms with van der Waals surface area (Å²) in [6.07, 6.45) is -16.4. The van der Waals surface area contributed by atoms with Gasteiger partial charge in [0.1, 0.15) is 73.2 Å². The lowest BCUT2D eigenvalue weighted by molar-refractivity contribution is -0.253. The van der Waals surface area contributed by atoms with Crippen molar-refractivity contribution in [1.82, 2.24) is 15.5 Å². The van der Waals surface area contributed by atoms with E-state index in [2.05, 4.69) is 10.6 Å². The number of likely N-dealkylation sites (N-methyl/N-ethyl adjacent to an activating group) is 2. The lowest BCUT2D eigenvalue weighted by Crippen LogP contribution is -2.67.